The van der Waals surface area contributed by atoms with Crippen molar-refractivity contribution in [3.63, 3.8) is 0 Å². The molecule has 1 amide bonds. The Morgan fingerprint density at radius 3 is 2.55 bits per heavy atom. The molecule has 5 nitrogen and oxygen atoms in total. The van der Waals surface area contributed by atoms with Crippen LogP contribution < -0.4 is 10.9 Å². The van der Waals surface area contributed by atoms with Crippen molar-refractivity contribution in [2.45, 2.75) is 26.8 Å². The molecule has 2 aromatic carbocycles. The van der Waals surface area contributed by atoms with E-state index in [4.69, 9.17) is 0 Å². The Morgan fingerprint density at radius 2 is 1.83 bits per heavy atom. The smallest absolute Gasteiger partial charge is 0.263 e. The van der Waals surface area contributed by atoms with Crippen LogP contribution in [0.5, 0.6) is 0 Å². The molecule has 4 aromatic rings. The third kappa shape index (κ3) is 3.59. The summed E-state index contributed by atoms with van der Waals surface area (Å²) in [6.45, 7) is 5.67. The lowest BCUT2D eigenvalue weighted by Crippen LogP contribution is -2.31. The molecule has 0 aliphatic heterocycles. The van der Waals surface area contributed by atoms with Gasteiger partial charge < -0.3 is 5.32 Å². The Kier molecular flexibility index (Phi) is 5.03. The van der Waals surface area contributed by atoms with Gasteiger partial charge in [0.05, 0.1) is 11.7 Å². The second kappa shape index (κ2) is 7.64. The first kappa shape index (κ1) is 19.1. The quantitative estimate of drug-likeness (QED) is 0.525. The number of nitrogens with one attached hydrogen (secondary N) is 1. The van der Waals surface area contributed by atoms with E-state index in [1.807, 2.05) is 67.8 Å². The van der Waals surface area contributed by atoms with E-state index in [2.05, 4.69) is 10.3 Å². The van der Waals surface area contributed by atoms with E-state index in [1.54, 1.807) is 6.92 Å². The van der Waals surface area contributed by atoms with Gasteiger partial charge in [0.15, 0.2) is 0 Å². The average molecular weight is 404 g/mol. The number of aromatic nitrogens is 2. The molecular formula is C23H21N3O2S. The normalized spacial score (nSPS) is 12.1. The third-order valence-electron chi connectivity index (χ3n) is 5.08. The van der Waals surface area contributed by atoms with Crippen molar-refractivity contribution in [1.29, 1.82) is 0 Å². The summed E-state index contributed by atoms with van der Waals surface area (Å²) < 4.78 is 1.40. The van der Waals surface area contributed by atoms with Crippen molar-refractivity contribution >= 4 is 33.1 Å². The number of carbonyl (C=O) groups excluding carboxylic acids is 1. The van der Waals surface area contributed by atoms with Crippen molar-refractivity contribution in [3.05, 3.63) is 81.7 Å². The number of aryl methyl sites for hydroxylation is 2. The number of hydrogen-bond donors (Lipinski definition) is 1. The minimum absolute atomic E-state index is 0.209. The van der Waals surface area contributed by atoms with Crippen molar-refractivity contribution in [3.8, 4) is 11.1 Å². The van der Waals surface area contributed by atoms with Gasteiger partial charge in [-0.1, -0.05) is 48.0 Å². The molecule has 6 heteroatoms. The predicted octanol–water partition coefficient (Wildman–Crippen LogP) is 4.94. The molecule has 0 radical (unpaired) electrons. The van der Waals surface area contributed by atoms with E-state index in [0.717, 1.165) is 27.9 Å². The summed E-state index contributed by atoms with van der Waals surface area (Å²) >= 11 is 1.44. The Hall–Kier alpha value is -3.25. The van der Waals surface area contributed by atoms with Gasteiger partial charge in [-0.25, -0.2) is 4.98 Å². The van der Waals surface area contributed by atoms with E-state index < -0.39 is 6.04 Å². The van der Waals surface area contributed by atoms with Crippen LogP contribution in [0.3, 0.4) is 0 Å². The first-order valence-corrected chi connectivity index (χ1v) is 10.3. The van der Waals surface area contributed by atoms with E-state index in [1.165, 1.54) is 22.2 Å². The van der Waals surface area contributed by atoms with Crippen LogP contribution in [0.1, 0.15) is 24.1 Å². The first-order valence-electron chi connectivity index (χ1n) is 9.37. The lowest BCUT2D eigenvalue weighted by Gasteiger charge is -2.16. The summed E-state index contributed by atoms with van der Waals surface area (Å²) in [4.78, 5) is 31.2. The van der Waals surface area contributed by atoms with Gasteiger partial charge in [-0.2, -0.15) is 0 Å². The fraction of sp³-hybridized carbons (Fsp3) is 0.174. The van der Waals surface area contributed by atoms with Gasteiger partial charge in [0, 0.05) is 16.6 Å². The van der Waals surface area contributed by atoms with Gasteiger partial charge in [0.2, 0.25) is 5.91 Å². The van der Waals surface area contributed by atoms with Crippen LogP contribution in [0.25, 0.3) is 21.3 Å². The SMILES string of the molecule is Cc1ccc(-c2csc3ncn(C(C)C(=O)Nc4ccccc4C)c(=O)c23)cc1. The lowest BCUT2D eigenvalue weighted by molar-refractivity contribution is -0.118. The number of rotatable bonds is 4. The highest BCUT2D eigenvalue weighted by Gasteiger charge is 2.20. The molecule has 2 aromatic heterocycles. The molecule has 1 unspecified atom stereocenters. The fourth-order valence-electron chi connectivity index (χ4n) is 3.24. The molecule has 0 spiro atoms. The van der Waals surface area contributed by atoms with Gasteiger partial charge >= 0.3 is 0 Å². The van der Waals surface area contributed by atoms with Crippen LogP contribution in [0.15, 0.2) is 65.0 Å². The van der Waals surface area contributed by atoms with Crippen molar-refractivity contribution in [2.24, 2.45) is 0 Å². The van der Waals surface area contributed by atoms with Crippen LogP contribution >= 0.6 is 11.3 Å². The molecule has 0 aliphatic carbocycles. The van der Waals surface area contributed by atoms with Crippen LogP contribution in [-0.4, -0.2) is 15.5 Å². The van der Waals surface area contributed by atoms with Gasteiger partial charge in [0.1, 0.15) is 10.9 Å². The topological polar surface area (TPSA) is 64.0 Å². The largest absolute Gasteiger partial charge is 0.324 e. The van der Waals surface area contributed by atoms with Crippen LogP contribution in [-0.2, 0) is 4.79 Å². The van der Waals surface area contributed by atoms with E-state index in [-0.39, 0.29) is 11.5 Å². The summed E-state index contributed by atoms with van der Waals surface area (Å²) in [6.07, 6.45) is 1.46. The van der Waals surface area contributed by atoms with Gasteiger partial charge in [-0.05, 0) is 38.0 Å². The maximum absolute atomic E-state index is 13.3. The summed E-state index contributed by atoms with van der Waals surface area (Å²) in [5.41, 5.74) is 4.47. The lowest BCUT2D eigenvalue weighted by atomic mass is 10.0. The van der Waals surface area contributed by atoms with Gasteiger partial charge in [0.25, 0.3) is 5.56 Å². The zero-order valence-corrected chi connectivity index (χ0v) is 17.3. The van der Waals surface area contributed by atoms with Gasteiger partial charge in [-0.15, -0.1) is 11.3 Å². The molecule has 146 valence electrons. The molecule has 0 saturated carbocycles. The average Bonchev–Trinajstić information content (AvgIpc) is 3.15. The molecule has 1 N–H and O–H groups in total. The molecule has 29 heavy (non-hydrogen) atoms. The molecule has 4 rings (SSSR count). The highest BCUT2D eigenvalue weighted by Crippen LogP contribution is 2.31. The predicted molar refractivity (Wildman–Crippen MR) is 119 cm³/mol. The van der Waals surface area contributed by atoms with Crippen molar-refractivity contribution in [1.82, 2.24) is 9.55 Å². The zero-order valence-electron chi connectivity index (χ0n) is 16.5. The highest BCUT2D eigenvalue weighted by atomic mass is 32.1. The molecule has 0 saturated heterocycles. The molecule has 1 atom stereocenters. The monoisotopic (exact) mass is 403 g/mol. The standard InChI is InChI=1S/C23H21N3O2S/c1-14-8-10-17(11-9-14)18-12-29-22-20(18)23(28)26(13-24-22)16(3)21(27)25-19-7-5-4-6-15(19)2/h4-13,16H,1-3H3,(H,25,27). The molecule has 2 heterocycles. The molecular weight excluding hydrogens is 382 g/mol. The van der Waals surface area contributed by atoms with E-state index >= 15 is 0 Å². The summed E-state index contributed by atoms with van der Waals surface area (Å²) in [5.74, 6) is -0.255. The molecule has 0 aliphatic rings. The minimum Gasteiger partial charge on any atom is -0.324 e. The number of carbonyl (C=O) groups is 1. The number of fused-ring (bicyclic) bond motifs is 1. The van der Waals surface area contributed by atoms with E-state index in [0.29, 0.717) is 10.2 Å². The summed E-state index contributed by atoms with van der Waals surface area (Å²) in [5, 5.41) is 5.41. The van der Waals surface area contributed by atoms with E-state index in [9.17, 15) is 9.59 Å². The minimum atomic E-state index is -0.690. The second-order valence-electron chi connectivity index (χ2n) is 7.13. The number of benzene rings is 2. The van der Waals surface area contributed by atoms with Gasteiger partial charge in [-0.3, -0.25) is 14.2 Å². The van der Waals surface area contributed by atoms with Crippen LogP contribution in [0.2, 0.25) is 0 Å². The number of para-hydroxylation sites is 1. The van der Waals surface area contributed by atoms with Crippen LogP contribution in [0.4, 0.5) is 5.69 Å². The number of thiophene rings is 1. The number of nitrogens with zero attached hydrogens (tertiary/aromatic N) is 2. The number of amides is 1. The number of anilines is 1. The maximum Gasteiger partial charge on any atom is 0.263 e. The van der Waals surface area contributed by atoms with Crippen molar-refractivity contribution in [2.75, 3.05) is 5.32 Å². The zero-order chi connectivity index (χ0) is 20.5. The first-order chi connectivity index (χ1) is 14.0. The Bertz CT molecular complexity index is 1260. The maximum atomic E-state index is 13.3. The Labute approximate surface area is 172 Å². The molecule has 0 bridgehead atoms. The summed E-state index contributed by atoms with van der Waals surface area (Å²) in [6, 6.07) is 14.9. The Balaban J connectivity index is 1.72. The second-order valence-corrected chi connectivity index (χ2v) is 7.99. The number of hydrogen-bond acceptors (Lipinski definition) is 4. The third-order valence-corrected chi connectivity index (χ3v) is 5.97. The fourth-order valence-corrected chi connectivity index (χ4v) is 4.15. The summed E-state index contributed by atoms with van der Waals surface area (Å²) in [7, 11) is 0. The van der Waals surface area contributed by atoms with Crippen molar-refractivity contribution < 1.29 is 4.79 Å². The molecule has 0 fully saturated rings. The van der Waals surface area contributed by atoms with Crippen LogP contribution in [0, 0.1) is 13.8 Å². The highest BCUT2D eigenvalue weighted by molar-refractivity contribution is 7.17. The Morgan fingerprint density at radius 1 is 1.10 bits per heavy atom.